The maximum absolute atomic E-state index is 10.3. The van der Waals surface area contributed by atoms with Crippen LogP contribution in [0.4, 0.5) is 0 Å². The minimum atomic E-state index is -0.675. The maximum atomic E-state index is 10.3. The monoisotopic (exact) mass is 286 g/mol. The van der Waals surface area contributed by atoms with Gasteiger partial charge in [0, 0.05) is 6.42 Å². The van der Waals surface area contributed by atoms with Crippen LogP contribution < -0.4 is 0 Å². The third kappa shape index (κ3) is 15.5. The van der Waals surface area contributed by atoms with Crippen LogP contribution in [0.3, 0.4) is 0 Å². The van der Waals surface area contributed by atoms with Crippen LogP contribution in [0, 0.1) is 0 Å². The van der Waals surface area contributed by atoms with E-state index in [4.69, 9.17) is 5.11 Å². The van der Waals surface area contributed by atoms with Crippen molar-refractivity contribution in [1.29, 1.82) is 0 Å². The maximum Gasteiger partial charge on any atom is 0.303 e. The molecule has 0 aliphatic rings. The molecule has 0 bridgehead atoms. The van der Waals surface area contributed by atoms with Crippen LogP contribution in [0.2, 0.25) is 0 Å². The van der Waals surface area contributed by atoms with Gasteiger partial charge in [-0.05, 0) is 19.3 Å². The Morgan fingerprint density at radius 3 is 1.75 bits per heavy atom. The zero-order chi connectivity index (χ0) is 15.1. The first-order chi connectivity index (χ1) is 9.66. The molecule has 0 heterocycles. The SMILES string of the molecule is CCCCC(O)CCCCCCCCCCCC(=O)O. The van der Waals surface area contributed by atoms with Crippen molar-refractivity contribution in [3.05, 3.63) is 0 Å². The Morgan fingerprint density at radius 2 is 1.25 bits per heavy atom. The Labute approximate surface area is 124 Å². The molecule has 1 unspecified atom stereocenters. The molecule has 0 aromatic rings. The Morgan fingerprint density at radius 1 is 0.800 bits per heavy atom. The highest BCUT2D eigenvalue weighted by Crippen LogP contribution is 2.13. The van der Waals surface area contributed by atoms with Gasteiger partial charge in [-0.25, -0.2) is 0 Å². The number of rotatable bonds is 15. The average Bonchev–Trinajstić information content (AvgIpc) is 2.42. The number of aliphatic carboxylic acids is 1. The summed E-state index contributed by atoms with van der Waals surface area (Å²) in [4.78, 5) is 10.3. The van der Waals surface area contributed by atoms with E-state index in [1.807, 2.05) is 0 Å². The predicted molar refractivity (Wildman–Crippen MR) is 84.0 cm³/mol. The zero-order valence-corrected chi connectivity index (χ0v) is 13.3. The molecular weight excluding hydrogens is 252 g/mol. The number of hydrogen-bond donors (Lipinski definition) is 2. The third-order valence-corrected chi connectivity index (χ3v) is 3.82. The molecule has 0 fully saturated rings. The molecule has 20 heavy (non-hydrogen) atoms. The Hall–Kier alpha value is -0.570. The summed E-state index contributed by atoms with van der Waals surface area (Å²) < 4.78 is 0. The van der Waals surface area contributed by atoms with Gasteiger partial charge < -0.3 is 10.2 Å². The van der Waals surface area contributed by atoms with E-state index in [0.29, 0.717) is 6.42 Å². The summed E-state index contributed by atoms with van der Waals surface area (Å²) in [5, 5.41) is 18.2. The zero-order valence-electron chi connectivity index (χ0n) is 13.3. The van der Waals surface area contributed by atoms with Crippen LogP contribution in [-0.4, -0.2) is 22.3 Å². The second kappa shape index (κ2) is 14.8. The van der Waals surface area contributed by atoms with Crippen LogP contribution in [0.5, 0.6) is 0 Å². The van der Waals surface area contributed by atoms with E-state index in [0.717, 1.165) is 38.5 Å². The Balaban J connectivity index is 3.07. The molecule has 0 saturated heterocycles. The molecule has 0 aromatic heterocycles. The van der Waals surface area contributed by atoms with E-state index in [9.17, 15) is 9.90 Å². The number of aliphatic hydroxyl groups excluding tert-OH is 1. The van der Waals surface area contributed by atoms with Crippen molar-refractivity contribution < 1.29 is 15.0 Å². The molecule has 0 aliphatic heterocycles. The fraction of sp³-hybridized carbons (Fsp3) is 0.941. The minimum absolute atomic E-state index is 0.0795. The van der Waals surface area contributed by atoms with Crippen molar-refractivity contribution in [3.8, 4) is 0 Å². The summed E-state index contributed by atoms with van der Waals surface area (Å²) in [5.41, 5.74) is 0. The second-order valence-corrected chi connectivity index (χ2v) is 5.91. The van der Waals surface area contributed by atoms with Crippen molar-refractivity contribution >= 4 is 5.97 Å². The van der Waals surface area contributed by atoms with Gasteiger partial charge in [0.1, 0.15) is 0 Å². The van der Waals surface area contributed by atoms with Crippen LogP contribution in [-0.2, 0) is 4.79 Å². The van der Waals surface area contributed by atoms with Crippen LogP contribution in [0.15, 0.2) is 0 Å². The van der Waals surface area contributed by atoms with Crippen LogP contribution >= 0.6 is 0 Å². The summed E-state index contributed by atoms with van der Waals surface area (Å²) in [6, 6.07) is 0. The average molecular weight is 286 g/mol. The quantitative estimate of drug-likeness (QED) is 0.420. The van der Waals surface area contributed by atoms with Gasteiger partial charge in [-0.3, -0.25) is 4.79 Å². The highest BCUT2D eigenvalue weighted by Gasteiger charge is 2.02. The van der Waals surface area contributed by atoms with E-state index in [-0.39, 0.29) is 6.10 Å². The molecule has 0 saturated carbocycles. The first-order valence-electron chi connectivity index (χ1n) is 8.56. The first kappa shape index (κ1) is 19.4. The number of carboxylic acids is 1. The molecule has 3 nitrogen and oxygen atoms in total. The number of hydrogen-bond acceptors (Lipinski definition) is 2. The molecule has 1 atom stereocenters. The van der Waals surface area contributed by atoms with E-state index >= 15 is 0 Å². The van der Waals surface area contributed by atoms with E-state index in [1.54, 1.807) is 0 Å². The molecule has 0 aromatic carbocycles. The van der Waals surface area contributed by atoms with Crippen LogP contribution in [0.25, 0.3) is 0 Å². The summed E-state index contributed by atoms with van der Waals surface area (Å²) in [6.07, 6.45) is 15.0. The summed E-state index contributed by atoms with van der Waals surface area (Å²) in [5.74, 6) is -0.675. The highest BCUT2D eigenvalue weighted by atomic mass is 16.4. The smallest absolute Gasteiger partial charge is 0.303 e. The summed E-state index contributed by atoms with van der Waals surface area (Å²) >= 11 is 0. The molecular formula is C17H34O3. The third-order valence-electron chi connectivity index (χ3n) is 3.82. The van der Waals surface area contributed by atoms with Crippen molar-refractivity contribution in [1.82, 2.24) is 0 Å². The standard InChI is InChI=1S/C17H34O3/c1-2-3-13-16(18)14-11-9-7-5-4-6-8-10-12-15-17(19)20/h16,18H,2-15H2,1H3,(H,19,20). The largest absolute Gasteiger partial charge is 0.481 e. The van der Waals surface area contributed by atoms with Gasteiger partial charge in [0.25, 0.3) is 0 Å². The molecule has 0 amide bonds. The predicted octanol–water partition coefficient (Wildman–Crippen LogP) is 4.91. The lowest BCUT2D eigenvalue weighted by molar-refractivity contribution is -0.137. The Bertz CT molecular complexity index is 216. The van der Waals surface area contributed by atoms with E-state index in [2.05, 4.69) is 6.92 Å². The van der Waals surface area contributed by atoms with Crippen molar-refractivity contribution in [2.24, 2.45) is 0 Å². The molecule has 2 N–H and O–H groups in total. The lowest BCUT2D eigenvalue weighted by Gasteiger charge is -2.09. The summed E-state index contributed by atoms with van der Waals surface area (Å²) in [6.45, 7) is 2.16. The normalized spacial score (nSPS) is 12.5. The summed E-state index contributed by atoms with van der Waals surface area (Å²) in [7, 11) is 0. The van der Waals surface area contributed by atoms with Gasteiger partial charge in [-0.2, -0.15) is 0 Å². The van der Waals surface area contributed by atoms with Crippen molar-refractivity contribution in [3.63, 3.8) is 0 Å². The molecule has 0 radical (unpaired) electrons. The van der Waals surface area contributed by atoms with Gasteiger partial charge >= 0.3 is 5.97 Å². The molecule has 3 heteroatoms. The van der Waals surface area contributed by atoms with Gasteiger partial charge in [-0.15, -0.1) is 0 Å². The lowest BCUT2D eigenvalue weighted by atomic mass is 10.0. The van der Waals surface area contributed by atoms with Gasteiger partial charge in [-0.1, -0.05) is 71.1 Å². The lowest BCUT2D eigenvalue weighted by Crippen LogP contribution is -2.05. The fourth-order valence-corrected chi connectivity index (χ4v) is 2.48. The minimum Gasteiger partial charge on any atom is -0.481 e. The number of aliphatic hydroxyl groups is 1. The van der Waals surface area contributed by atoms with Crippen molar-refractivity contribution in [2.75, 3.05) is 0 Å². The number of unbranched alkanes of at least 4 members (excludes halogenated alkanes) is 9. The molecule has 120 valence electrons. The second-order valence-electron chi connectivity index (χ2n) is 5.91. The molecule has 0 spiro atoms. The van der Waals surface area contributed by atoms with Crippen LogP contribution in [0.1, 0.15) is 96.8 Å². The first-order valence-corrected chi connectivity index (χ1v) is 8.56. The fourth-order valence-electron chi connectivity index (χ4n) is 2.48. The number of carbonyl (C=O) groups is 1. The highest BCUT2D eigenvalue weighted by molar-refractivity contribution is 5.66. The van der Waals surface area contributed by atoms with E-state index in [1.165, 1.54) is 44.9 Å². The molecule has 0 rings (SSSR count). The van der Waals surface area contributed by atoms with Gasteiger partial charge in [0.2, 0.25) is 0 Å². The Kier molecular flexibility index (Phi) is 14.4. The van der Waals surface area contributed by atoms with Gasteiger partial charge in [0.15, 0.2) is 0 Å². The van der Waals surface area contributed by atoms with Crippen molar-refractivity contribution in [2.45, 2.75) is 103 Å². The topological polar surface area (TPSA) is 57.5 Å². The molecule has 0 aliphatic carbocycles. The van der Waals surface area contributed by atoms with Gasteiger partial charge in [0.05, 0.1) is 6.10 Å². The van der Waals surface area contributed by atoms with E-state index < -0.39 is 5.97 Å². The number of carboxylic acid groups (broad SMARTS) is 1.